The van der Waals surface area contributed by atoms with Crippen LogP contribution in [-0.4, -0.2) is 74.2 Å². The summed E-state index contributed by atoms with van der Waals surface area (Å²) in [7, 11) is 2.15. The minimum Gasteiger partial charge on any atom is -0.353 e. The monoisotopic (exact) mass is 529 g/mol. The molecule has 5 aromatic heterocycles. The third-order valence-electron chi connectivity index (χ3n) is 7.36. The summed E-state index contributed by atoms with van der Waals surface area (Å²) in [6.45, 7) is 3.92. The number of rotatable bonds is 5. The number of benzene rings is 1. The van der Waals surface area contributed by atoms with Gasteiger partial charge in [0.2, 0.25) is 0 Å². The molecule has 0 spiro atoms. The fraction of sp³-hybridized carbons (Fsp3) is 0.167. The van der Waals surface area contributed by atoms with Crippen molar-refractivity contribution in [1.82, 2.24) is 35.0 Å². The van der Waals surface area contributed by atoms with Gasteiger partial charge in [0.05, 0.1) is 40.5 Å². The number of nitrogens with zero attached hydrogens (tertiary/aromatic N) is 6. The normalized spacial score (nSPS) is 14.2. The number of aromatic nitrogens is 6. The minimum atomic E-state index is -0.190. The van der Waals surface area contributed by atoms with Gasteiger partial charge in [0, 0.05) is 60.5 Å². The number of carbonyl (C=O) groups excluding carboxylic acids is 1. The van der Waals surface area contributed by atoms with E-state index in [1.165, 1.54) is 0 Å². The Morgan fingerprint density at radius 1 is 0.900 bits per heavy atom. The largest absolute Gasteiger partial charge is 0.353 e. The van der Waals surface area contributed by atoms with Crippen LogP contribution in [0.1, 0.15) is 10.4 Å². The molecular weight excluding hydrogens is 502 g/mol. The third kappa shape index (κ3) is 4.44. The van der Waals surface area contributed by atoms with Crippen LogP contribution < -0.4 is 10.2 Å². The summed E-state index contributed by atoms with van der Waals surface area (Å²) in [5, 5.41) is 12.7. The van der Waals surface area contributed by atoms with Gasteiger partial charge >= 0.3 is 0 Å². The first kappa shape index (κ1) is 24.0. The number of piperazine rings is 1. The van der Waals surface area contributed by atoms with Crippen LogP contribution in [-0.2, 0) is 0 Å². The molecule has 1 amide bonds. The molecule has 1 fully saturated rings. The zero-order valence-electron chi connectivity index (χ0n) is 21.9. The molecule has 40 heavy (non-hydrogen) atoms. The first-order chi connectivity index (χ1) is 19.6. The van der Waals surface area contributed by atoms with Crippen LogP contribution in [0.15, 0.2) is 79.4 Å². The molecule has 3 N–H and O–H groups in total. The maximum Gasteiger partial charge on any atom is 0.255 e. The molecule has 7 rings (SSSR count). The highest BCUT2D eigenvalue weighted by atomic mass is 16.1. The van der Waals surface area contributed by atoms with Crippen LogP contribution in [0.5, 0.6) is 0 Å². The summed E-state index contributed by atoms with van der Waals surface area (Å²) in [5.41, 5.74) is 6.27. The smallest absolute Gasteiger partial charge is 0.255 e. The fourth-order valence-electron chi connectivity index (χ4n) is 5.16. The average molecular weight is 530 g/mol. The third-order valence-corrected chi connectivity index (χ3v) is 7.36. The number of anilines is 2. The van der Waals surface area contributed by atoms with Crippen molar-refractivity contribution in [3.8, 4) is 22.6 Å². The molecule has 0 unspecified atom stereocenters. The Bertz CT molecular complexity index is 1830. The second kappa shape index (κ2) is 9.90. The number of H-pyrrole nitrogens is 2. The Morgan fingerprint density at radius 3 is 2.60 bits per heavy atom. The molecule has 1 aromatic carbocycles. The summed E-state index contributed by atoms with van der Waals surface area (Å²) >= 11 is 0. The van der Waals surface area contributed by atoms with Crippen LogP contribution in [0.3, 0.4) is 0 Å². The summed E-state index contributed by atoms with van der Waals surface area (Å²) in [6.07, 6.45) is 7.00. The standard InChI is InChI=1S/C30H27N9O/c1-38-9-11-39(12-10-38)29-23-15-26(35-24(23)7-8-32-29)28-22-14-25(33-18-27(22)36-37-28)20-13-21(17-31-16-20)34-30(40)19-5-3-2-4-6-19/h2-8,13-18,35H,9-12H2,1H3,(H,34,40)(H,36,37). The van der Waals surface area contributed by atoms with Crippen LogP contribution >= 0.6 is 0 Å². The lowest BCUT2D eigenvalue weighted by Gasteiger charge is -2.33. The van der Waals surface area contributed by atoms with E-state index in [4.69, 9.17) is 4.98 Å². The molecule has 0 bridgehead atoms. The van der Waals surface area contributed by atoms with Gasteiger partial charge in [-0.2, -0.15) is 5.10 Å². The van der Waals surface area contributed by atoms with E-state index in [2.05, 4.69) is 53.4 Å². The molecule has 6 aromatic rings. The molecule has 198 valence electrons. The maximum atomic E-state index is 12.6. The van der Waals surface area contributed by atoms with Crippen molar-refractivity contribution >= 4 is 39.2 Å². The first-order valence-electron chi connectivity index (χ1n) is 13.2. The molecule has 6 heterocycles. The highest BCUT2D eigenvalue weighted by molar-refractivity contribution is 6.04. The number of fused-ring (bicyclic) bond motifs is 2. The number of hydrogen-bond acceptors (Lipinski definition) is 7. The maximum absolute atomic E-state index is 12.6. The topological polar surface area (TPSA) is 119 Å². The van der Waals surface area contributed by atoms with Crippen molar-refractivity contribution in [2.75, 3.05) is 43.4 Å². The van der Waals surface area contributed by atoms with Crippen molar-refractivity contribution < 1.29 is 4.79 Å². The summed E-state index contributed by atoms with van der Waals surface area (Å²) in [6, 6.07) is 17.1. The van der Waals surface area contributed by atoms with Gasteiger partial charge in [-0.3, -0.25) is 19.9 Å². The van der Waals surface area contributed by atoms with Crippen LogP contribution in [0.4, 0.5) is 11.5 Å². The van der Waals surface area contributed by atoms with Crippen molar-refractivity contribution in [2.45, 2.75) is 0 Å². The molecule has 10 heteroatoms. The molecule has 1 aliphatic rings. The predicted molar refractivity (Wildman–Crippen MR) is 156 cm³/mol. The number of pyridine rings is 3. The molecular formula is C30H27N9O. The van der Waals surface area contributed by atoms with E-state index in [1.807, 2.05) is 42.6 Å². The molecule has 0 aliphatic carbocycles. The number of nitrogens with one attached hydrogen (secondary N) is 3. The van der Waals surface area contributed by atoms with Gasteiger partial charge < -0.3 is 20.1 Å². The number of amides is 1. The van der Waals surface area contributed by atoms with E-state index in [9.17, 15) is 4.79 Å². The van der Waals surface area contributed by atoms with Crippen molar-refractivity contribution in [3.05, 3.63) is 84.9 Å². The lowest BCUT2D eigenvalue weighted by molar-refractivity contribution is 0.102. The van der Waals surface area contributed by atoms with Crippen LogP contribution in [0.25, 0.3) is 44.5 Å². The second-order valence-electron chi connectivity index (χ2n) is 10.0. The molecule has 0 saturated carbocycles. The van der Waals surface area contributed by atoms with Gasteiger partial charge in [0.15, 0.2) is 0 Å². The molecule has 1 aliphatic heterocycles. The van der Waals surface area contributed by atoms with E-state index in [0.29, 0.717) is 11.3 Å². The highest BCUT2D eigenvalue weighted by Gasteiger charge is 2.20. The number of aromatic amines is 2. The predicted octanol–water partition coefficient (Wildman–Crippen LogP) is 4.57. The van der Waals surface area contributed by atoms with Crippen molar-refractivity contribution in [1.29, 1.82) is 0 Å². The van der Waals surface area contributed by atoms with Gasteiger partial charge in [-0.1, -0.05) is 18.2 Å². The van der Waals surface area contributed by atoms with E-state index in [1.54, 1.807) is 30.7 Å². The Hall–Kier alpha value is -5.09. The first-order valence-corrected chi connectivity index (χ1v) is 13.2. The lowest BCUT2D eigenvalue weighted by Crippen LogP contribution is -2.44. The van der Waals surface area contributed by atoms with E-state index in [-0.39, 0.29) is 5.91 Å². The van der Waals surface area contributed by atoms with Gasteiger partial charge in [0.25, 0.3) is 5.91 Å². The summed E-state index contributed by atoms with van der Waals surface area (Å²) < 4.78 is 0. The Labute approximate surface area is 230 Å². The zero-order valence-corrected chi connectivity index (χ0v) is 21.9. The Balaban J connectivity index is 1.21. The number of hydrogen-bond donors (Lipinski definition) is 3. The van der Waals surface area contributed by atoms with Gasteiger partial charge in [0.1, 0.15) is 11.5 Å². The Kier molecular flexibility index (Phi) is 5.94. The van der Waals surface area contributed by atoms with Gasteiger partial charge in [-0.25, -0.2) is 4.98 Å². The van der Waals surface area contributed by atoms with Crippen molar-refractivity contribution in [2.24, 2.45) is 0 Å². The number of carbonyl (C=O) groups is 1. The quantitative estimate of drug-likeness (QED) is 0.299. The lowest BCUT2D eigenvalue weighted by atomic mass is 10.1. The van der Waals surface area contributed by atoms with Crippen LogP contribution in [0, 0.1) is 0 Å². The molecule has 1 saturated heterocycles. The molecule has 0 atom stereocenters. The minimum absolute atomic E-state index is 0.190. The summed E-state index contributed by atoms with van der Waals surface area (Å²) in [5.74, 6) is 0.806. The Morgan fingerprint density at radius 2 is 1.75 bits per heavy atom. The average Bonchev–Trinajstić information content (AvgIpc) is 3.62. The SMILES string of the molecule is CN1CCN(c2nccc3[nH]c(-c4n[nH]c5cnc(-c6cncc(NC(=O)c7ccccc7)c6)cc45)cc23)CC1. The van der Waals surface area contributed by atoms with Gasteiger partial charge in [-0.05, 0) is 43.4 Å². The number of likely N-dealkylation sites (N-methyl/N-ethyl adjacent to an activating group) is 1. The van der Waals surface area contributed by atoms with E-state index >= 15 is 0 Å². The molecule has 10 nitrogen and oxygen atoms in total. The van der Waals surface area contributed by atoms with Gasteiger partial charge in [-0.15, -0.1) is 0 Å². The zero-order chi connectivity index (χ0) is 27.1. The molecule has 0 radical (unpaired) electrons. The van der Waals surface area contributed by atoms with Crippen molar-refractivity contribution in [3.63, 3.8) is 0 Å². The summed E-state index contributed by atoms with van der Waals surface area (Å²) in [4.78, 5) is 34.6. The fourth-order valence-corrected chi connectivity index (χ4v) is 5.16. The van der Waals surface area contributed by atoms with E-state index in [0.717, 1.165) is 76.4 Å². The second-order valence-corrected chi connectivity index (χ2v) is 10.0. The highest BCUT2D eigenvalue weighted by Crippen LogP contribution is 2.33. The van der Waals surface area contributed by atoms with E-state index < -0.39 is 0 Å². The van der Waals surface area contributed by atoms with Crippen LogP contribution in [0.2, 0.25) is 0 Å².